The van der Waals surface area contributed by atoms with Crippen LogP contribution in [-0.4, -0.2) is 25.5 Å². The summed E-state index contributed by atoms with van der Waals surface area (Å²) in [6, 6.07) is 0. The van der Waals surface area contributed by atoms with Gasteiger partial charge in [-0.1, -0.05) is 0 Å². The SMILES string of the molecule is CC(C)(C)NCc1cnc2nc(N)nc(N)c2n1. The summed E-state index contributed by atoms with van der Waals surface area (Å²) in [5, 5.41) is 3.32. The van der Waals surface area contributed by atoms with Crippen molar-refractivity contribution in [1.29, 1.82) is 0 Å². The van der Waals surface area contributed by atoms with E-state index in [1.165, 1.54) is 0 Å². The highest BCUT2D eigenvalue weighted by molar-refractivity contribution is 5.81. The molecule has 0 spiro atoms. The fourth-order valence-electron chi connectivity index (χ4n) is 1.42. The van der Waals surface area contributed by atoms with Gasteiger partial charge in [-0.2, -0.15) is 9.97 Å². The van der Waals surface area contributed by atoms with E-state index in [0.29, 0.717) is 17.7 Å². The number of hydrogen-bond acceptors (Lipinski definition) is 7. The van der Waals surface area contributed by atoms with Gasteiger partial charge in [0.25, 0.3) is 0 Å². The van der Waals surface area contributed by atoms with Gasteiger partial charge in [-0.05, 0) is 20.8 Å². The Balaban J connectivity index is 2.33. The number of rotatable bonds is 2. The maximum atomic E-state index is 5.75. The molecule has 96 valence electrons. The van der Waals surface area contributed by atoms with Gasteiger partial charge in [0, 0.05) is 12.1 Å². The Kier molecular flexibility index (Phi) is 3.00. The largest absolute Gasteiger partial charge is 0.382 e. The molecule has 2 aromatic rings. The Morgan fingerprint density at radius 3 is 2.56 bits per heavy atom. The van der Waals surface area contributed by atoms with Gasteiger partial charge < -0.3 is 16.8 Å². The van der Waals surface area contributed by atoms with E-state index in [1.54, 1.807) is 6.20 Å². The third-order valence-electron chi connectivity index (χ3n) is 2.30. The van der Waals surface area contributed by atoms with Crippen molar-refractivity contribution in [3.05, 3.63) is 11.9 Å². The fourth-order valence-corrected chi connectivity index (χ4v) is 1.42. The normalized spacial score (nSPS) is 11.9. The Hall–Kier alpha value is -2.02. The molecule has 0 unspecified atom stereocenters. The maximum absolute atomic E-state index is 5.75. The lowest BCUT2D eigenvalue weighted by atomic mass is 10.1. The average molecular weight is 247 g/mol. The maximum Gasteiger partial charge on any atom is 0.224 e. The third-order valence-corrected chi connectivity index (χ3v) is 2.30. The van der Waals surface area contributed by atoms with Crippen molar-refractivity contribution in [3.8, 4) is 0 Å². The van der Waals surface area contributed by atoms with Crippen LogP contribution < -0.4 is 16.8 Å². The molecule has 0 saturated carbocycles. The van der Waals surface area contributed by atoms with Crippen LogP contribution in [0.5, 0.6) is 0 Å². The zero-order valence-electron chi connectivity index (χ0n) is 10.7. The molecule has 0 aliphatic carbocycles. The summed E-state index contributed by atoms with van der Waals surface area (Å²) in [5.74, 6) is 0.359. The van der Waals surface area contributed by atoms with Crippen LogP contribution in [0.1, 0.15) is 26.5 Å². The van der Waals surface area contributed by atoms with Crippen LogP contribution in [0.3, 0.4) is 0 Å². The molecule has 18 heavy (non-hydrogen) atoms. The zero-order chi connectivity index (χ0) is 13.3. The molecule has 0 fully saturated rings. The van der Waals surface area contributed by atoms with Gasteiger partial charge in [-0.25, -0.2) is 9.97 Å². The molecule has 0 aliphatic heterocycles. The van der Waals surface area contributed by atoms with Gasteiger partial charge >= 0.3 is 0 Å². The predicted molar refractivity (Wildman–Crippen MR) is 70.5 cm³/mol. The van der Waals surface area contributed by atoms with E-state index in [-0.39, 0.29) is 17.3 Å². The lowest BCUT2D eigenvalue weighted by molar-refractivity contribution is 0.421. The van der Waals surface area contributed by atoms with Crippen molar-refractivity contribution in [2.75, 3.05) is 11.5 Å². The Morgan fingerprint density at radius 1 is 1.17 bits per heavy atom. The van der Waals surface area contributed by atoms with Gasteiger partial charge in [-0.3, -0.25) is 0 Å². The molecular weight excluding hydrogens is 230 g/mol. The molecule has 0 aliphatic rings. The van der Waals surface area contributed by atoms with E-state index < -0.39 is 0 Å². The smallest absolute Gasteiger partial charge is 0.224 e. The highest BCUT2D eigenvalue weighted by atomic mass is 15.1. The Morgan fingerprint density at radius 2 is 1.89 bits per heavy atom. The van der Waals surface area contributed by atoms with Crippen LogP contribution in [0.2, 0.25) is 0 Å². The zero-order valence-corrected chi connectivity index (χ0v) is 10.7. The van der Waals surface area contributed by atoms with E-state index in [0.717, 1.165) is 5.69 Å². The molecule has 0 bridgehead atoms. The first-order valence-corrected chi connectivity index (χ1v) is 5.65. The quantitative estimate of drug-likeness (QED) is 0.706. The molecule has 2 aromatic heterocycles. The molecule has 0 radical (unpaired) electrons. The van der Waals surface area contributed by atoms with E-state index in [4.69, 9.17) is 11.5 Å². The second kappa shape index (κ2) is 4.34. The summed E-state index contributed by atoms with van der Waals surface area (Å²) in [6.07, 6.45) is 1.66. The second-order valence-electron chi connectivity index (χ2n) is 5.10. The third kappa shape index (κ3) is 2.80. The highest BCUT2D eigenvalue weighted by Crippen LogP contribution is 2.14. The molecule has 2 heterocycles. The van der Waals surface area contributed by atoms with E-state index in [9.17, 15) is 0 Å². The molecule has 7 nitrogen and oxygen atoms in total. The summed E-state index contributed by atoms with van der Waals surface area (Å²) >= 11 is 0. The number of aromatic nitrogens is 4. The first-order chi connectivity index (χ1) is 8.35. The van der Waals surface area contributed by atoms with Crippen LogP contribution in [-0.2, 0) is 6.54 Å². The van der Waals surface area contributed by atoms with Crippen molar-refractivity contribution in [3.63, 3.8) is 0 Å². The molecule has 7 heteroatoms. The number of nitrogen functional groups attached to an aromatic ring is 2. The van der Waals surface area contributed by atoms with E-state index in [1.807, 2.05) is 0 Å². The van der Waals surface area contributed by atoms with Gasteiger partial charge in [-0.15, -0.1) is 0 Å². The van der Waals surface area contributed by atoms with Crippen molar-refractivity contribution in [1.82, 2.24) is 25.3 Å². The summed E-state index contributed by atoms with van der Waals surface area (Å²) in [7, 11) is 0. The highest BCUT2D eigenvalue weighted by Gasteiger charge is 2.11. The number of anilines is 2. The molecule has 0 saturated heterocycles. The van der Waals surface area contributed by atoms with E-state index in [2.05, 4.69) is 46.0 Å². The summed E-state index contributed by atoms with van der Waals surface area (Å²) in [6.45, 7) is 6.86. The van der Waals surface area contributed by atoms with Crippen LogP contribution in [0, 0.1) is 0 Å². The lowest BCUT2D eigenvalue weighted by Crippen LogP contribution is -2.35. The van der Waals surface area contributed by atoms with Crippen LogP contribution >= 0.6 is 0 Å². The fraction of sp³-hybridized carbons (Fsp3) is 0.455. The summed E-state index contributed by atoms with van der Waals surface area (Å²) in [4.78, 5) is 16.4. The van der Waals surface area contributed by atoms with E-state index >= 15 is 0 Å². The molecule has 0 aromatic carbocycles. The molecule has 5 N–H and O–H groups in total. The van der Waals surface area contributed by atoms with Crippen LogP contribution in [0.25, 0.3) is 11.2 Å². The monoisotopic (exact) mass is 247 g/mol. The summed E-state index contributed by atoms with van der Waals surface area (Å²) < 4.78 is 0. The number of nitrogens with two attached hydrogens (primary N) is 2. The second-order valence-corrected chi connectivity index (χ2v) is 5.10. The molecule has 0 atom stereocenters. The van der Waals surface area contributed by atoms with Gasteiger partial charge in [0.1, 0.15) is 0 Å². The first kappa shape index (κ1) is 12.4. The van der Waals surface area contributed by atoms with Crippen molar-refractivity contribution in [2.45, 2.75) is 32.9 Å². The van der Waals surface area contributed by atoms with Gasteiger partial charge in [0.05, 0.1) is 11.9 Å². The Bertz CT molecular complexity index is 573. The van der Waals surface area contributed by atoms with Crippen molar-refractivity contribution < 1.29 is 0 Å². The minimum Gasteiger partial charge on any atom is -0.382 e. The van der Waals surface area contributed by atoms with Crippen molar-refractivity contribution in [2.24, 2.45) is 0 Å². The number of hydrogen-bond donors (Lipinski definition) is 3. The van der Waals surface area contributed by atoms with Crippen molar-refractivity contribution >= 4 is 22.9 Å². The standard InChI is InChI=1S/C11H17N7/c1-11(2,3)15-5-6-4-14-9-7(16-6)8(12)17-10(13)18-9/h4,15H,5H2,1-3H3,(H4,12,13,14,17,18). The predicted octanol–water partition coefficient (Wildman–Crippen LogP) is 0.472. The number of nitrogens with one attached hydrogen (secondary N) is 1. The van der Waals surface area contributed by atoms with Crippen LogP contribution in [0.4, 0.5) is 11.8 Å². The van der Waals surface area contributed by atoms with Crippen LogP contribution in [0.15, 0.2) is 6.20 Å². The lowest BCUT2D eigenvalue weighted by Gasteiger charge is -2.20. The minimum atomic E-state index is 0.0137. The Labute approximate surface area is 105 Å². The molecule has 0 amide bonds. The van der Waals surface area contributed by atoms with Gasteiger partial charge in [0.15, 0.2) is 17.0 Å². The first-order valence-electron chi connectivity index (χ1n) is 5.65. The number of nitrogens with zero attached hydrogens (tertiary/aromatic N) is 4. The molecular formula is C11H17N7. The average Bonchev–Trinajstić information content (AvgIpc) is 2.25. The van der Waals surface area contributed by atoms with Gasteiger partial charge in [0.2, 0.25) is 5.95 Å². The minimum absolute atomic E-state index is 0.0137. The molecule has 2 rings (SSSR count). The summed E-state index contributed by atoms with van der Waals surface area (Å²) in [5.41, 5.74) is 13.0. The number of fused-ring (bicyclic) bond motifs is 1. The topological polar surface area (TPSA) is 116 Å².